The molecule has 1 aromatic carbocycles. The van der Waals surface area contributed by atoms with Gasteiger partial charge in [-0.1, -0.05) is 12.1 Å². The smallest absolute Gasteiger partial charge is 0.229 e. The Hall–Kier alpha value is -1.88. The van der Waals surface area contributed by atoms with Crippen molar-refractivity contribution in [1.82, 2.24) is 9.88 Å². The second kappa shape index (κ2) is 6.48. The molecule has 4 nitrogen and oxygen atoms in total. The van der Waals surface area contributed by atoms with Gasteiger partial charge in [0.2, 0.25) is 5.91 Å². The van der Waals surface area contributed by atoms with Crippen molar-refractivity contribution >= 4 is 17.2 Å². The van der Waals surface area contributed by atoms with Gasteiger partial charge in [0.25, 0.3) is 0 Å². The van der Waals surface area contributed by atoms with E-state index in [-0.39, 0.29) is 11.9 Å². The maximum absolute atomic E-state index is 12.6. The van der Waals surface area contributed by atoms with Crippen LogP contribution in [0.15, 0.2) is 29.6 Å². The molecule has 1 aliphatic heterocycles. The number of methoxy groups -OCH3 is 1. The van der Waals surface area contributed by atoms with E-state index in [1.165, 1.54) is 0 Å². The van der Waals surface area contributed by atoms with E-state index in [1.807, 2.05) is 35.4 Å². The van der Waals surface area contributed by atoms with Crippen LogP contribution in [0.4, 0.5) is 0 Å². The molecule has 1 atom stereocenters. The molecule has 1 aliphatic rings. The van der Waals surface area contributed by atoms with E-state index in [9.17, 15) is 4.79 Å². The highest BCUT2D eigenvalue weighted by atomic mass is 32.1. The van der Waals surface area contributed by atoms with Crippen LogP contribution in [0.2, 0.25) is 0 Å². The Morgan fingerprint density at radius 3 is 3.09 bits per heavy atom. The lowest BCUT2D eigenvalue weighted by molar-refractivity contribution is -0.131. The molecule has 0 spiro atoms. The Morgan fingerprint density at radius 2 is 2.36 bits per heavy atom. The second-order valence-electron chi connectivity index (χ2n) is 5.56. The molecule has 2 aromatic rings. The van der Waals surface area contributed by atoms with Crippen molar-refractivity contribution in [2.24, 2.45) is 0 Å². The largest absolute Gasteiger partial charge is 0.497 e. The number of ether oxygens (including phenoxy) is 1. The van der Waals surface area contributed by atoms with Gasteiger partial charge >= 0.3 is 0 Å². The minimum Gasteiger partial charge on any atom is -0.497 e. The summed E-state index contributed by atoms with van der Waals surface area (Å²) in [4.78, 5) is 19.0. The van der Waals surface area contributed by atoms with Crippen molar-refractivity contribution < 1.29 is 9.53 Å². The Bertz CT molecular complexity index is 668. The van der Waals surface area contributed by atoms with Crippen molar-refractivity contribution in [2.75, 3.05) is 13.7 Å². The van der Waals surface area contributed by atoms with E-state index in [0.717, 1.165) is 41.4 Å². The summed E-state index contributed by atoms with van der Waals surface area (Å²) < 4.78 is 5.30. The maximum atomic E-state index is 12.6. The Morgan fingerprint density at radius 1 is 1.50 bits per heavy atom. The van der Waals surface area contributed by atoms with Crippen molar-refractivity contribution in [1.29, 1.82) is 0 Å². The average molecular weight is 316 g/mol. The predicted octanol–water partition coefficient (Wildman–Crippen LogP) is 3.37. The number of aromatic nitrogens is 1. The summed E-state index contributed by atoms with van der Waals surface area (Å²) in [5, 5.41) is 2.98. The second-order valence-corrected chi connectivity index (χ2v) is 6.62. The molecule has 1 saturated heterocycles. The first-order valence-electron chi connectivity index (χ1n) is 7.52. The minimum atomic E-state index is 0.155. The molecule has 116 valence electrons. The maximum Gasteiger partial charge on any atom is 0.229 e. The number of carbonyl (C=O) groups is 1. The Kier molecular flexibility index (Phi) is 4.43. The van der Waals surface area contributed by atoms with Crippen LogP contribution in [0.3, 0.4) is 0 Å². The number of benzene rings is 1. The molecule has 0 radical (unpaired) electrons. The zero-order chi connectivity index (χ0) is 15.5. The molecule has 1 amide bonds. The summed E-state index contributed by atoms with van der Waals surface area (Å²) in [6.45, 7) is 2.79. The fraction of sp³-hybridized carbons (Fsp3) is 0.412. The van der Waals surface area contributed by atoms with Gasteiger partial charge in [-0.2, -0.15) is 0 Å². The van der Waals surface area contributed by atoms with Gasteiger partial charge in [-0.05, 0) is 37.5 Å². The van der Waals surface area contributed by atoms with E-state index in [2.05, 4.69) is 11.1 Å². The quantitative estimate of drug-likeness (QED) is 0.868. The van der Waals surface area contributed by atoms with Gasteiger partial charge in [0, 0.05) is 11.9 Å². The fourth-order valence-electron chi connectivity index (χ4n) is 3.01. The lowest BCUT2D eigenvalue weighted by Gasteiger charge is -2.25. The van der Waals surface area contributed by atoms with Gasteiger partial charge in [0.05, 0.1) is 30.3 Å². The van der Waals surface area contributed by atoms with E-state index < -0.39 is 0 Å². The summed E-state index contributed by atoms with van der Waals surface area (Å²) in [6, 6.07) is 8.18. The average Bonchev–Trinajstić information content (AvgIpc) is 3.16. The van der Waals surface area contributed by atoms with Crippen molar-refractivity contribution in [3.05, 3.63) is 45.9 Å². The normalized spacial score (nSPS) is 17.7. The molecule has 0 bridgehead atoms. The molecule has 0 aliphatic carbocycles. The number of likely N-dealkylation sites (tertiary alicyclic amines) is 1. The number of thiazole rings is 1. The standard InChI is InChI=1S/C17H20N2O2S/c1-12-18-14(11-22-12)10-17(20)19-8-4-7-16(19)13-5-3-6-15(9-13)21-2/h3,5-6,9,11,16H,4,7-8,10H2,1-2H3/t16-/m1/s1. The van der Waals surface area contributed by atoms with Crippen molar-refractivity contribution in [3.8, 4) is 5.75 Å². The number of hydrogen-bond donors (Lipinski definition) is 0. The summed E-state index contributed by atoms with van der Waals surface area (Å²) in [7, 11) is 1.67. The van der Waals surface area contributed by atoms with Gasteiger partial charge in [-0.25, -0.2) is 4.98 Å². The number of carbonyl (C=O) groups excluding carboxylic acids is 1. The van der Waals surface area contributed by atoms with Crippen molar-refractivity contribution in [3.63, 3.8) is 0 Å². The summed E-state index contributed by atoms with van der Waals surface area (Å²) >= 11 is 1.59. The van der Waals surface area contributed by atoms with E-state index in [4.69, 9.17) is 4.74 Å². The number of rotatable bonds is 4. The molecular weight excluding hydrogens is 296 g/mol. The third-order valence-electron chi connectivity index (χ3n) is 4.05. The van der Waals surface area contributed by atoms with Crippen LogP contribution in [0.5, 0.6) is 5.75 Å². The molecule has 3 rings (SSSR count). The molecule has 1 aromatic heterocycles. The van der Waals surface area contributed by atoms with Gasteiger partial charge < -0.3 is 9.64 Å². The zero-order valence-corrected chi connectivity index (χ0v) is 13.7. The summed E-state index contributed by atoms with van der Waals surface area (Å²) in [6.07, 6.45) is 2.45. The third kappa shape index (κ3) is 3.14. The summed E-state index contributed by atoms with van der Waals surface area (Å²) in [5.41, 5.74) is 2.03. The van der Waals surface area contributed by atoms with E-state index >= 15 is 0 Å². The van der Waals surface area contributed by atoms with E-state index in [1.54, 1.807) is 18.4 Å². The van der Waals surface area contributed by atoms with Crippen LogP contribution >= 0.6 is 11.3 Å². The van der Waals surface area contributed by atoms with Crippen LogP contribution in [-0.4, -0.2) is 29.4 Å². The molecule has 2 heterocycles. The highest BCUT2D eigenvalue weighted by Gasteiger charge is 2.30. The molecule has 1 fully saturated rings. The highest BCUT2D eigenvalue weighted by molar-refractivity contribution is 7.09. The number of aryl methyl sites for hydroxylation is 1. The van der Waals surface area contributed by atoms with Gasteiger partial charge in [-0.3, -0.25) is 4.79 Å². The number of nitrogens with zero attached hydrogens (tertiary/aromatic N) is 2. The molecule has 22 heavy (non-hydrogen) atoms. The monoisotopic (exact) mass is 316 g/mol. The fourth-order valence-corrected chi connectivity index (χ4v) is 3.62. The molecule has 0 N–H and O–H groups in total. The molecule has 0 unspecified atom stereocenters. The van der Waals surface area contributed by atoms with E-state index in [0.29, 0.717) is 6.42 Å². The first-order chi connectivity index (χ1) is 10.7. The molecule has 0 saturated carbocycles. The molecular formula is C17H20N2O2S. The predicted molar refractivity (Wildman–Crippen MR) is 87.2 cm³/mol. The van der Waals surface area contributed by atoms with Crippen LogP contribution in [0, 0.1) is 6.92 Å². The van der Waals surface area contributed by atoms with Crippen LogP contribution in [-0.2, 0) is 11.2 Å². The molecule has 5 heteroatoms. The minimum absolute atomic E-state index is 0.155. The SMILES string of the molecule is COc1cccc([C@H]2CCCN2C(=O)Cc2csc(C)n2)c1. The Balaban J connectivity index is 1.75. The third-order valence-corrected chi connectivity index (χ3v) is 4.87. The zero-order valence-electron chi connectivity index (χ0n) is 12.9. The van der Waals surface area contributed by atoms with Crippen molar-refractivity contribution in [2.45, 2.75) is 32.2 Å². The highest BCUT2D eigenvalue weighted by Crippen LogP contribution is 2.33. The lowest BCUT2D eigenvalue weighted by atomic mass is 10.0. The number of amides is 1. The first-order valence-corrected chi connectivity index (χ1v) is 8.40. The van der Waals surface area contributed by atoms with Crippen LogP contribution in [0.1, 0.15) is 35.1 Å². The van der Waals surface area contributed by atoms with Crippen LogP contribution < -0.4 is 4.74 Å². The van der Waals surface area contributed by atoms with Gasteiger partial charge in [0.15, 0.2) is 0 Å². The van der Waals surface area contributed by atoms with Gasteiger partial charge in [0.1, 0.15) is 5.75 Å². The van der Waals surface area contributed by atoms with Crippen LogP contribution in [0.25, 0.3) is 0 Å². The van der Waals surface area contributed by atoms with Gasteiger partial charge in [-0.15, -0.1) is 11.3 Å². The first kappa shape index (κ1) is 15.0. The summed E-state index contributed by atoms with van der Waals surface area (Å²) in [5.74, 6) is 1.00. The Labute approximate surface area is 134 Å². The topological polar surface area (TPSA) is 42.4 Å². The number of hydrogen-bond acceptors (Lipinski definition) is 4. The lowest BCUT2D eigenvalue weighted by Crippen LogP contribution is -2.31.